The number of ether oxygens (including phenoxy) is 1. The van der Waals surface area contributed by atoms with Crippen LogP contribution in [-0.4, -0.2) is 40.3 Å². The smallest absolute Gasteiger partial charge is 0.409 e. The first-order valence-electron chi connectivity index (χ1n) is 6.25. The van der Waals surface area contributed by atoms with Gasteiger partial charge in [0.1, 0.15) is 12.0 Å². The predicted octanol–water partition coefficient (Wildman–Crippen LogP) is 2.50. The van der Waals surface area contributed by atoms with Crippen LogP contribution in [-0.2, 0) is 9.53 Å². The molecule has 1 aliphatic heterocycles. The molecule has 1 aliphatic rings. The van der Waals surface area contributed by atoms with Crippen LogP contribution in [0.2, 0.25) is 0 Å². The standard InChI is InChI=1S/C13H23NO4/c1-12(2,3)10-9(7-6-8-15)14(11(16)17)13(4,5)18-10/h8-10H,6-7H2,1-5H3,(H,16,17). The van der Waals surface area contributed by atoms with Gasteiger partial charge in [0.15, 0.2) is 0 Å². The second-order valence-electron chi connectivity index (χ2n) is 6.32. The van der Waals surface area contributed by atoms with Crippen LogP contribution in [0.25, 0.3) is 0 Å². The van der Waals surface area contributed by atoms with Gasteiger partial charge in [0, 0.05) is 6.42 Å². The Morgan fingerprint density at radius 1 is 1.44 bits per heavy atom. The SMILES string of the molecule is CC(C)(C)C1OC(C)(C)N(C(=O)O)C1CCC=O. The van der Waals surface area contributed by atoms with E-state index in [1.165, 1.54) is 4.90 Å². The zero-order valence-electron chi connectivity index (χ0n) is 11.8. The number of nitrogens with zero attached hydrogens (tertiary/aromatic N) is 1. The second-order valence-corrected chi connectivity index (χ2v) is 6.32. The molecule has 1 rings (SSSR count). The van der Waals surface area contributed by atoms with E-state index >= 15 is 0 Å². The third kappa shape index (κ3) is 2.83. The highest BCUT2D eigenvalue weighted by atomic mass is 16.6. The maximum atomic E-state index is 11.4. The van der Waals surface area contributed by atoms with Gasteiger partial charge in [0.05, 0.1) is 12.1 Å². The number of carbonyl (C=O) groups excluding carboxylic acids is 1. The zero-order chi connectivity index (χ0) is 14.1. The Labute approximate surface area is 108 Å². The summed E-state index contributed by atoms with van der Waals surface area (Å²) in [7, 11) is 0. The van der Waals surface area contributed by atoms with Crippen molar-refractivity contribution in [3.8, 4) is 0 Å². The molecular formula is C13H23NO4. The number of hydrogen-bond donors (Lipinski definition) is 1. The monoisotopic (exact) mass is 257 g/mol. The van der Waals surface area contributed by atoms with Crippen LogP contribution in [0.1, 0.15) is 47.5 Å². The third-order valence-corrected chi connectivity index (χ3v) is 3.32. The Balaban J connectivity index is 3.06. The normalized spacial score (nSPS) is 27.3. The van der Waals surface area contributed by atoms with Crippen molar-refractivity contribution in [3.05, 3.63) is 0 Å². The molecule has 1 amide bonds. The topological polar surface area (TPSA) is 66.8 Å². The number of carboxylic acid groups (broad SMARTS) is 1. The average molecular weight is 257 g/mol. The summed E-state index contributed by atoms with van der Waals surface area (Å²) >= 11 is 0. The first-order chi connectivity index (χ1) is 8.11. The summed E-state index contributed by atoms with van der Waals surface area (Å²) in [6.07, 6.45) is 0.471. The fourth-order valence-electron chi connectivity index (χ4n) is 2.63. The summed E-state index contributed by atoms with van der Waals surface area (Å²) in [5, 5.41) is 9.36. The van der Waals surface area contributed by atoms with Crippen molar-refractivity contribution < 1.29 is 19.4 Å². The number of aldehydes is 1. The quantitative estimate of drug-likeness (QED) is 0.789. The van der Waals surface area contributed by atoms with E-state index in [4.69, 9.17) is 4.74 Å². The number of hydrogen-bond acceptors (Lipinski definition) is 3. The Kier molecular flexibility index (Phi) is 4.05. The molecule has 1 fully saturated rings. The molecule has 104 valence electrons. The first kappa shape index (κ1) is 15.0. The van der Waals surface area contributed by atoms with Crippen molar-refractivity contribution in [2.24, 2.45) is 5.41 Å². The molecule has 0 saturated carbocycles. The highest BCUT2D eigenvalue weighted by Gasteiger charge is 2.53. The lowest BCUT2D eigenvalue weighted by Crippen LogP contribution is -2.48. The third-order valence-electron chi connectivity index (χ3n) is 3.32. The van der Waals surface area contributed by atoms with Gasteiger partial charge in [-0.3, -0.25) is 4.90 Å². The molecule has 0 aromatic rings. The lowest BCUT2D eigenvalue weighted by atomic mass is 9.83. The lowest BCUT2D eigenvalue weighted by molar-refractivity contribution is -0.108. The Bertz CT molecular complexity index is 332. The van der Waals surface area contributed by atoms with Crippen molar-refractivity contribution >= 4 is 12.4 Å². The van der Waals surface area contributed by atoms with Gasteiger partial charge in [-0.1, -0.05) is 20.8 Å². The summed E-state index contributed by atoms with van der Waals surface area (Å²) in [5.74, 6) is 0. The van der Waals surface area contributed by atoms with Crippen LogP contribution < -0.4 is 0 Å². The highest BCUT2D eigenvalue weighted by Crippen LogP contribution is 2.41. The zero-order valence-corrected chi connectivity index (χ0v) is 11.8. The van der Waals surface area contributed by atoms with Crippen molar-refractivity contribution in [2.75, 3.05) is 0 Å². The van der Waals surface area contributed by atoms with Gasteiger partial charge in [0.25, 0.3) is 0 Å². The van der Waals surface area contributed by atoms with E-state index in [0.29, 0.717) is 12.8 Å². The molecule has 0 aliphatic carbocycles. The second kappa shape index (κ2) is 4.88. The van der Waals surface area contributed by atoms with Crippen LogP contribution in [0.5, 0.6) is 0 Å². The summed E-state index contributed by atoms with van der Waals surface area (Å²) in [5.41, 5.74) is -1.02. The van der Waals surface area contributed by atoms with Gasteiger partial charge in [-0.2, -0.15) is 0 Å². The maximum Gasteiger partial charge on any atom is 0.409 e. The van der Waals surface area contributed by atoms with E-state index in [9.17, 15) is 14.7 Å². The molecule has 0 radical (unpaired) electrons. The van der Waals surface area contributed by atoms with Gasteiger partial charge in [-0.15, -0.1) is 0 Å². The largest absolute Gasteiger partial charge is 0.465 e. The lowest BCUT2D eigenvalue weighted by Gasteiger charge is -2.32. The molecular weight excluding hydrogens is 234 g/mol. The predicted molar refractivity (Wildman–Crippen MR) is 67.4 cm³/mol. The van der Waals surface area contributed by atoms with Gasteiger partial charge in [-0.25, -0.2) is 4.79 Å². The molecule has 0 bridgehead atoms. The summed E-state index contributed by atoms with van der Waals surface area (Å²) in [4.78, 5) is 23.3. The summed E-state index contributed by atoms with van der Waals surface area (Å²) < 4.78 is 5.93. The highest BCUT2D eigenvalue weighted by molar-refractivity contribution is 5.67. The molecule has 18 heavy (non-hydrogen) atoms. The average Bonchev–Trinajstić information content (AvgIpc) is 2.45. The van der Waals surface area contributed by atoms with Crippen LogP contribution >= 0.6 is 0 Å². The van der Waals surface area contributed by atoms with Crippen molar-refractivity contribution in [1.29, 1.82) is 0 Å². The Morgan fingerprint density at radius 2 is 2.00 bits per heavy atom. The van der Waals surface area contributed by atoms with Gasteiger partial charge < -0.3 is 14.6 Å². The van der Waals surface area contributed by atoms with E-state index in [1.807, 2.05) is 20.8 Å². The fourth-order valence-corrected chi connectivity index (χ4v) is 2.63. The molecule has 0 aromatic carbocycles. The maximum absolute atomic E-state index is 11.4. The minimum atomic E-state index is -0.998. The Morgan fingerprint density at radius 3 is 2.39 bits per heavy atom. The van der Waals surface area contributed by atoms with Crippen LogP contribution in [0.4, 0.5) is 4.79 Å². The molecule has 2 atom stereocenters. The van der Waals surface area contributed by atoms with Crippen molar-refractivity contribution in [1.82, 2.24) is 4.90 Å². The van der Waals surface area contributed by atoms with Gasteiger partial charge in [-0.05, 0) is 25.7 Å². The number of carbonyl (C=O) groups is 2. The molecule has 1 saturated heterocycles. The van der Waals surface area contributed by atoms with E-state index in [2.05, 4.69) is 0 Å². The van der Waals surface area contributed by atoms with E-state index in [1.54, 1.807) is 13.8 Å². The summed E-state index contributed by atoms with van der Waals surface area (Å²) in [6.45, 7) is 9.56. The Hall–Kier alpha value is -1.10. The molecule has 2 unspecified atom stereocenters. The van der Waals surface area contributed by atoms with E-state index in [0.717, 1.165) is 6.29 Å². The van der Waals surface area contributed by atoms with Gasteiger partial charge >= 0.3 is 6.09 Å². The van der Waals surface area contributed by atoms with Crippen LogP contribution in [0.3, 0.4) is 0 Å². The number of amides is 1. The van der Waals surface area contributed by atoms with E-state index in [-0.39, 0.29) is 17.6 Å². The summed E-state index contributed by atoms with van der Waals surface area (Å²) in [6, 6.07) is -0.275. The van der Waals surface area contributed by atoms with Crippen LogP contribution in [0.15, 0.2) is 0 Å². The number of rotatable bonds is 3. The van der Waals surface area contributed by atoms with Gasteiger partial charge in [0.2, 0.25) is 0 Å². The minimum absolute atomic E-state index is 0.172. The van der Waals surface area contributed by atoms with Crippen molar-refractivity contribution in [2.45, 2.75) is 65.3 Å². The molecule has 5 heteroatoms. The first-order valence-corrected chi connectivity index (χ1v) is 6.25. The molecule has 1 N–H and O–H groups in total. The van der Waals surface area contributed by atoms with E-state index < -0.39 is 11.8 Å². The van der Waals surface area contributed by atoms with Crippen LogP contribution in [0, 0.1) is 5.41 Å². The van der Waals surface area contributed by atoms with Crippen molar-refractivity contribution in [3.63, 3.8) is 0 Å². The molecule has 5 nitrogen and oxygen atoms in total. The molecule has 0 aromatic heterocycles. The molecule has 1 heterocycles. The minimum Gasteiger partial charge on any atom is -0.465 e. The molecule has 0 spiro atoms. The fraction of sp³-hybridized carbons (Fsp3) is 0.846.